The first-order valence-electron chi connectivity index (χ1n) is 5.72. The van der Waals surface area contributed by atoms with Crippen molar-refractivity contribution in [3.05, 3.63) is 63.6 Å². The number of pyridine rings is 1. The Labute approximate surface area is 114 Å². The summed E-state index contributed by atoms with van der Waals surface area (Å²) in [6.07, 6.45) is 1.77. The molecule has 2 rings (SSSR count). The molecule has 1 N–H and O–H groups in total. The van der Waals surface area contributed by atoms with Crippen molar-refractivity contribution in [2.45, 2.75) is 20.0 Å². The van der Waals surface area contributed by atoms with E-state index in [1.807, 2.05) is 25.1 Å². The minimum atomic E-state index is -0.199. The van der Waals surface area contributed by atoms with E-state index in [1.165, 1.54) is 6.07 Å². The van der Waals surface area contributed by atoms with Crippen LogP contribution in [0.4, 0.5) is 4.39 Å². The molecule has 0 bridgehead atoms. The van der Waals surface area contributed by atoms with Crippen molar-refractivity contribution in [2.24, 2.45) is 0 Å². The monoisotopic (exact) mass is 308 g/mol. The number of aromatic nitrogens is 1. The summed E-state index contributed by atoms with van der Waals surface area (Å²) in [5.74, 6) is -0.199. The fourth-order valence-corrected chi connectivity index (χ4v) is 2.02. The number of aryl methyl sites for hydroxylation is 1. The Balaban J connectivity index is 1.95. The summed E-state index contributed by atoms with van der Waals surface area (Å²) in [7, 11) is 0. The van der Waals surface area contributed by atoms with E-state index < -0.39 is 0 Å². The van der Waals surface area contributed by atoms with Gasteiger partial charge in [-0.2, -0.15) is 0 Å². The lowest BCUT2D eigenvalue weighted by Crippen LogP contribution is -2.15. The third-order valence-corrected chi connectivity index (χ3v) is 3.23. The first-order valence-corrected chi connectivity index (χ1v) is 6.51. The average Bonchev–Trinajstić information content (AvgIpc) is 2.34. The maximum Gasteiger partial charge on any atom is 0.128 e. The van der Waals surface area contributed by atoms with Gasteiger partial charge in [0.2, 0.25) is 0 Å². The summed E-state index contributed by atoms with van der Waals surface area (Å²) >= 11 is 3.24. The van der Waals surface area contributed by atoms with Crippen LogP contribution in [0.1, 0.15) is 16.8 Å². The molecule has 0 saturated carbocycles. The maximum atomic E-state index is 13.6. The Hall–Kier alpha value is -1.26. The van der Waals surface area contributed by atoms with Crippen molar-refractivity contribution < 1.29 is 4.39 Å². The van der Waals surface area contributed by atoms with E-state index in [0.717, 1.165) is 15.7 Å². The molecule has 0 spiro atoms. The predicted octanol–water partition coefficient (Wildman–Crippen LogP) is 3.58. The molecule has 1 heterocycles. The SMILES string of the molecule is Cc1cccnc1CNCc1ccc(Br)cc1F. The van der Waals surface area contributed by atoms with Gasteiger partial charge in [-0.15, -0.1) is 0 Å². The standard InChI is InChI=1S/C14H14BrFN2/c1-10-3-2-6-18-14(10)9-17-8-11-4-5-12(15)7-13(11)16/h2-7,17H,8-9H2,1H3. The molecular weight excluding hydrogens is 295 g/mol. The lowest BCUT2D eigenvalue weighted by atomic mass is 10.2. The first kappa shape index (κ1) is 13.2. The first-order chi connectivity index (χ1) is 8.66. The van der Waals surface area contributed by atoms with Gasteiger partial charge in [0.1, 0.15) is 5.82 Å². The predicted molar refractivity (Wildman–Crippen MR) is 73.6 cm³/mol. The number of halogens is 2. The minimum Gasteiger partial charge on any atom is -0.307 e. The highest BCUT2D eigenvalue weighted by Gasteiger charge is 2.03. The Morgan fingerprint density at radius 1 is 1.28 bits per heavy atom. The summed E-state index contributed by atoms with van der Waals surface area (Å²) in [5, 5.41) is 3.20. The molecule has 0 aliphatic rings. The second-order valence-electron chi connectivity index (χ2n) is 4.11. The van der Waals surface area contributed by atoms with Crippen LogP contribution < -0.4 is 5.32 Å². The molecular formula is C14H14BrFN2. The van der Waals surface area contributed by atoms with E-state index in [-0.39, 0.29) is 5.82 Å². The van der Waals surface area contributed by atoms with Crippen molar-refractivity contribution in [1.82, 2.24) is 10.3 Å². The maximum absolute atomic E-state index is 13.6. The zero-order chi connectivity index (χ0) is 13.0. The second-order valence-corrected chi connectivity index (χ2v) is 5.02. The van der Waals surface area contributed by atoms with E-state index in [9.17, 15) is 4.39 Å². The molecule has 94 valence electrons. The minimum absolute atomic E-state index is 0.199. The number of nitrogens with one attached hydrogen (secondary N) is 1. The Morgan fingerprint density at radius 2 is 2.11 bits per heavy atom. The van der Waals surface area contributed by atoms with Gasteiger partial charge in [-0.1, -0.05) is 28.1 Å². The highest BCUT2D eigenvalue weighted by molar-refractivity contribution is 9.10. The molecule has 0 aliphatic carbocycles. The summed E-state index contributed by atoms with van der Waals surface area (Å²) in [6, 6.07) is 9.02. The highest BCUT2D eigenvalue weighted by Crippen LogP contribution is 2.15. The number of nitrogens with zero attached hydrogens (tertiary/aromatic N) is 1. The van der Waals surface area contributed by atoms with Crippen LogP contribution in [-0.4, -0.2) is 4.98 Å². The highest BCUT2D eigenvalue weighted by atomic mass is 79.9. The molecule has 4 heteroatoms. The molecule has 2 aromatic rings. The van der Waals surface area contributed by atoms with Crippen LogP contribution in [-0.2, 0) is 13.1 Å². The Kier molecular flexibility index (Phi) is 4.44. The molecule has 0 atom stereocenters. The van der Waals surface area contributed by atoms with Crippen LogP contribution in [0.5, 0.6) is 0 Å². The summed E-state index contributed by atoms with van der Waals surface area (Å²) in [5.41, 5.74) is 2.79. The van der Waals surface area contributed by atoms with E-state index in [1.54, 1.807) is 12.3 Å². The van der Waals surface area contributed by atoms with Crippen molar-refractivity contribution >= 4 is 15.9 Å². The topological polar surface area (TPSA) is 24.9 Å². The van der Waals surface area contributed by atoms with Crippen LogP contribution in [0.3, 0.4) is 0 Å². The summed E-state index contributed by atoms with van der Waals surface area (Å²) in [4.78, 5) is 4.28. The second kappa shape index (κ2) is 6.07. The van der Waals surface area contributed by atoms with Gasteiger partial charge in [0, 0.05) is 29.3 Å². The molecule has 0 amide bonds. The van der Waals surface area contributed by atoms with Crippen molar-refractivity contribution in [3.63, 3.8) is 0 Å². The van der Waals surface area contributed by atoms with Gasteiger partial charge >= 0.3 is 0 Å². The lowest BCUT2D eigenvalue weighted by Gasteiger charge is -2.07. The fourth-order valence-electron chi connectivity index (χ4n) is 1.68. The molecule has 0 aliphatic heterocycles. The van der Waals surface area contributed by atoms with E-state index in [4.69, 9.17) is 0 Å². The normalized spacial score (nSPS) is 10.6. The van der Waals surface area contributed by atoms with Crippen LogP contribution >= 0.6 is 15.9 Å². The summed E-state index contributed by atoms with van der Waals surface area (Å²) in [6.45, 7) is 3.15. The molecule has 2 nitrogen and oxygen atoms in total. The van der Waals surface area contributed by atoms with Crippen LogP contribution in [0.25, 0.3) is 0 Å². The molecule has 0 fully saturated rings. The van der Waals surface area contributed by atoms with Crippen molar-refractivity contribution in [3.8, 4) is 0 Å². The van der Waals surface area contributed by atoms with Gasteiger partial charge < -0.3 is 5.32 Å². The fraction of sp³-hybridized carbons (Fsp3) is 0.214. The van der Waals surface area contributed by atoms with E-state index in [0.29, 0.717) is 18.7 Å². The van der Waals surface area contributed by atoms with Crippen LogP contribution in [0.2, 0.25) is 0 Å². The number of benzene rings is 1. The van der Waals surface area contributed by atoms with Crippen molar-refractivity contribution in [2.75, 3.05) is 0 Å². The average molecular weight is 309 g/mol. The number of hydrogen-bond donors (Lipinski definition) is 1. The molecule has 0 saturated heterocycles. The Bertz CT molecular complexity index is 543. The quantitative estimate of drug-likeness (QED) is 0.934. The molecule has 18 heavy (non-hydrogen) atoms. The zero-order valence-electron chi connectivity index (χ0n) is 10.1. The molecule has 1 aromatic heterocycles. The summed E-state index contributed by atoms with van der Waals surface area (Å²) < 4.78 is 14.3. The van der Waals surface area contributed by atoms with Crippen molar-refractivity contribution in [1.29, 1.82) is 0 Å². The largest absolute Gasteiger partial charge is 0.307 e. The zero-order valence-corrected chi connectivity index (χ0v) is 11.7. The van der Waals surface area contributed by atoms with Gasteiger partial charge in [0.15, 0.2) is 0 Å². The number of rotatable bonds is 4. The Morgan fingerprint density at radius 3 is 2.83 bits per heavy atom. The lowest BCUT2D eigenvalue weighted by molar-refractivity contribution is 0.584. The molecule has 0 radical (unpaired) electrons. The smallest absolute Gasteiger partial charge is 0.128 e. The third kappa shape index (κ3) is 3.37. The third-order valence-electron chi connectivity index (χ3n) is 2.74. The van der Waals surface area contributed by atoms with Gasteiger partial charge in [0.25, 0.3) is 0 Å². The van der Waals surface area contributed by atoms with Gasteiger partial charge in [-0.3, -0.25) is 4.98 Å². The van der Waals surface area contributed by atoms with Gasteiger partial charge in [-0.05, 0) is 30.7 Å². The van der Waals surface area contributed by atoms with E-state index >= 15 is 0 Å². The van der Waals surface area contributed by atoms with Crippen LogP contribution in [0, 0.1) is 12.7 Å². The number of hydrogen-bond acceptors (Lipinski definition) is 2. The molecule has 1 aromatic carbocycles. The van der Waals surface area contributed by atoms with Gasteiger partial charge in [-0.25, -0.2) is 4.39 Å². The van der Waals surface area contributed by atoms with E-state index in [2.05, 4.69) is 26.2 Å². The van der Waals surface area contributed by atoms with Gasteiger partial charge in [0.05, 0.1) is 5.69 Å². The van der Waals surface area contributed by atoms with Crippen LogP contribution in [0.15, 0.2) is 41.0 Å². The molecule has 0 unspecified atom stereocenters.